The third kappa shape index (κ3) is 1.46. The van der Waals surface area contributed by atoms with Crippen molar-refractivity contribution in [3.05, 3.63) is 28.6 Å². The van der Waals surface area contributed by atoms with Crippen LogP contribution in [0, 0.1) is 6.92 Å². The minimum absolute atomic E-state index is 0.393. The summed E-state index contributed by atoms with van der Waals surface area (Å²) in [7, 11) is 0. The summed E-state index contributed by atoms with van der Waals surface area (Å²) in [5.74, 6) is 0.393. The van der Waals surface area contributed by atoms with Gasteiger partial charge in [0, 0.05) is 20.8 Å². The largest absolute Gasteiger partial charge is 0.506 e. The van der Waals surface area contributed by atoms with Crippen LogP contribution < -0.4 is 0 Å². The molecule has 1 aromatic heterocycles. The number of hydrogen-bond donors (Lipinski definition) is 1. The summed E-state index contributed by atoms with van der Waals surface area (Å²) in [4.78, 5) is 0. The molecule has 0 unspecified atom stereocenters. The number of fused-ring (bicyclic) bond motifs is 1. The predicted molar refractivity (Wildman–Crippen MR) is 60.9 cm³/mol. The predicted octanol–water partition coefficient (Wildman–Crippen LogP) is 3.81. The molecule has 0 saturated heterocycles. The Hall–Kier alpha value is -0.540. The third-order valence-electron chi connectivity index (χ3n) is 2.16. The van der Waals surface area contributed by atoms with Crippen LogP contribution in [0.4, 0.5) is 0 Å². The van der Waals surface area contributed by atoms with E-state index >= 15 is 0 Å². The Kier molecular flexibility index (Phi) is 2.30. The first-order chi connectivity index (χ1) is 6.22. The van der Waals surface area contributed by atoms with Crippen LogP contribution >= 0.6 is 27.3 Å². The van der Waals surface area contributed by atoms with Gasteiger partial charge in [-0.1, -0.05) is 15.9 Å². The van der Waals surface area contributed by atoms with Gasteiger partial charge < -0.3 is 5.11 Å². The topological polar surface area (TPSA) is 20.2 Å². The Balaban J connectivity index is 2.76. The van der Waals surface area contributed by atoms with E-state index in [1.165, 1.54) is 11.1 Å². The van der Waals surface area contributed by atoms with Crippen molar-refractivity contribution in [2.24, 2.45) is 0 Å². The van der Waals surface area contributed by atoms with Crippen molar-refractivity contribution in [1.29, 1.82) is 0 Å². The van der Waals surface area contributed by atoms with Crippen molar-refractivity contribution >= 4 is 37.4 Å². The fourth-order valence-electron chi connectivity index (χ4n) is 1.35. The Labute approximate surface area is 89.1 Å². The van der Waals surface area contributed by atoms with Gasteiger partial charge >= 0.3 is 0 Å². The standard InChI is InChI=1S/C10H9BrOS/c1-6-2-8-9(12)5-13-10(8)3-7(6)4-11/h2-3,5,12H,4H2,1H3. The van der Waals surface area contributed by atoms with Crippen molar-refractivity contribution in [2.45, 2.75) is 12.3 Å². The molecular weight excluding hydrogens is 248 g/mol. The Morgan fingerprint density at radius 1 is 1.46 bits per heavy atom. The average molecular weight is 257 g/mol. The van der Waals surface area contributed by atoms with Crippen molar-refractivity contribution in [2.75, 3.05) is 0 Å². The molecular formula is C10H9BrOS. The maximum absolute atomic E-state index is 9.50. The summed E-state index contributed by atoms with van der Waals surface area (Å²) in [6.45, 7) is 2.06. The zero-order valence-electron chi connectivity index (χ0n) is 7.17. The van der Waals surface area contributed by atoms with E-state index in [9.17, 15) is 5.11 Å². The normalized spacial score (nSPS) is 10.9. The molecule has 0 spiro atoms. The average Bonchev–Trinajstić information content (AvgIpc) is 2.47. The number of aryl methyl sites for hydroxylation is 1. The highest BCUT2D eigenvalue weighted by Crippen LogP contribution is 2.33. The van der Waals surface area contributed by atoms with Crippen molar-refractivity contribution < 1.29 is 5.11 Å². The fraction of sp³-hybridized carbons (Fsp3) is 0.200. The monoisotopic (exact) mass is 256 g/mol. The molecule has 1 nitrogen and oxygen atoms in total. The smallest absolute Gasteiger partial charge is 0.134 e. The van der Waals surface area contributed by atoms with Crippen LogP contribution in [-0.2, 0) is 5.33 Å². The quantitative estimate of drug-likeness (QED) is 0.770. The van der Waals surface area contributed by atoms with Crippen molar-refractivity contribution in [3.8, 4) is 5.75 Å². The fourth-order valence-corrected chi connectivity index (χ4v) is 2.83. The molecule has 0 fully saturated rings. The van der Waals surface area contributed by atoms with Crippen LogP contribution in [-0.4, -0.2) is 5.11 Å². The second-order valence-corrected chi connectivity index (χ2v) is 4.50. The van der Waals surface area contributed by atoms with E-state index in [0.717, 1.165) is 15.4 Å². The highest BCUT2D eigenvalue weighted by atomic mass is 79.9. The summed E-state index contributed by atoms with van der Waals surface area (Å²) in [5, 5.41) is 13.1. The molecule has 3 heteroatoms. The van der Waals surface area contributed by atoms with Gasteiger partial charge in [0.2, 0.25) is 0 Å². The molecule has 0 amide bonds. The first-order valence-electron chi connectivity index (χ1n) is 3.98. The molecule has 0 radical (unpaired) electrons. The molecule has 0 aliphatic heterocycles. The zero-order valence-corrected chi connectivity index (χ0v) is 9.58. The maximum Gasteiger partial charge on any atom is 0.134 e. The summed E-state index contributed by atoms with van der Waals surface area (Å²) in [6.07, 6.45) is 0. The lowest BCUT2D eigenvalue weighted by Crippen LogP contribution is -1.82. The molecule has 13 heavy (non-hydrogen) atoms. The van der Waals surface area contributed by atoms with Crippen molar-refractivity contribution in [1.82, 2.24) is 0 Å². The lowest BCUT2D eigenvalue weighted by molar-refractivity contribution is 0.483. The van der Waals surface area contributed by atoms with Gasteiger partial charge in [0.05, 0.1) is 0 Å². The number of hydrogen-bond acceptors (Lipinski definition) is 2. The number of halogens is 1. The lowest BCUT2D eigenvalue weighted by atomic mass is 10.1. The second-order valence-electron chi connectivity index (χ2n) is 3.03. The first-order valence-corrected chi connectivity index (χ1v) is 5.98. The van der Waals surface area contributed by atoms with E-state index < -0.39 is 0 Å². The van der Waals surface area contributed by atoms with Crippen LogP contribution in [0.2, 0.25) is 0 Å². The SMILES string of the molecule is Cc1cc2c(O)csc2cc1CBr. The van der Waals surface area contributed by atoms with Crippen LogP contribution in [0.15, 0.2) is 17.5 Å². The van der Waals surface area contributed by atoms with Crippen LogP contribution in [0.25, 0.3) is 10.1 Å². The molecule has 2 aromatic rings. The number of benzene rings is 1. The van der Waals surface area contributed by atoms with Crippen LogP contribution in [0.1, 0.15) is 11.1 Å². The molecule has 68 valence electrons. The summed E-state index contributed by atoms with van der Waals surface area (Å²) < 4.78 is 1.15. The van der Waals surface area contributed by atoms with Gasteiger partial charge in [-0.2, -0.15) is 0 Å². The van der Waals surface area contributed by atoms with Crippen LogP contribution in [0.5, 0.6) is 5.75 Å². The molecule has 1 heterocycles. The van der Waals surface area contributed by atoms with E-state index in [2.05, 4.69) is 28.9 Å². The third-order valence-corrected chi connectivity index (χ3v) is 3.69. The van der Waals surface area contributed by atoms with Crippen LogP contribution in [0.3, 0.4) is 0 Å². The number of rotatable bonds is 1. The lowest BCUT2D eigenvalue weighted by Gasteiger charge is -2.01. The molecule has 0 aliphatic carbocycles. The zero-order chi connectivity index (χ0) is 9.42. The Morgan fingerprint density at radius 2 is 2.23 bits per heavy atom. The van der Waals surface area contributed by atoms with Gasteiger partial charge in [0.1, 0.15) is 5.75 Å². The highest BCUT2D eigenvalue weighted by Gasteiger charge is 2.05. The van der Waals surface area contributed by atoms with Crippen molar-refractivity contribution in [3.63, 3.8) is 0 Å². The number of alkyl halides is 1. The Bertz CT molecular complexity index is 447. The molecule has 0 aliphatic rings. The van der Waals surface area contributed by atoms with E-state index in [0.29, 0.717) is 5.75 Å². The van der Waals surface area contributed by atoms with Gasteiger partial charge in [-0.15, -0.1) is 11.3 Å². The minimum atomic E-state index is 0.393. The summed E-state index contributed by atoms with van der Waals surface area (Å²) in [6, 6.07) is 4.17. The first kappa shape index (κ1) is 9.03. The van der Waals surface area contributed by atoms with E-state index in [1.807, 2.05) is 6.07 Å². The molecule has 0 atom stereocenters. The molecule has 2 rings (SSSR count). The summed E-state index contributed by atoms with van der Waals surface area (Å²) in [5.41, 5.74) is 2.51. The van der Waals surface area contributed by atoms with E-state index in [4.69, 9.17) is 0 Å². The van der Waals surface area contributed by atoms with Gasteiger partial charge in [0.15, 0.2) is 0 Å². The summed E-state index contributed by atoms with van der Waals surface area (Å²) >= 11 is 5.02. The highest BCUT2D eigenvalue weighted by molar-refractivity contribution is 9.08. The van der Waals surface area contributed by atoms with Gasteiger partial charge in [-0.3, -0.25) is 0 Å². The number of thiophene rings is 1. The van der Waals surface area contributed by atoms with Gasteiger partial charge in [-0.25, -0.2) is 0 Å². The van der Waals surface area contributed by atoms with E-state index in [-0.39, 0.29) is 0 Å². The molecule has 1 aromatic carbocycles. The molecule has 0 bridgehead atoms. The molecule has 0 saturated carbocycles. The van der Waals surface area contributed by atoms with E-state index in [1.54, 1.807) is 16.7 Å². The Morgan fingerprint density at radius 3 is 2.92 bits per heavy atom. The minimum Gasteiger partial charge on any atom is -0.506 e. The molecule has 1 N–H and O–H groups in total. The second kappa shape index (κ2) is 3.31. The van der Waals surface area contributed by atoms with Gasteiger partial charge in [0.25, 0.3) is 0 Å². The maximum atomic E-state index is 9.50. The van der Waals surface area contributed by atoms with Gasteiger partial charge in [-0.05, 0) is 30.2 Å². The number of aromatic hydroxyl groups is 1.